The van der Waals surface area contributed by atoms with Crippen LogP contribution in [0.4, 0.5) is 0 Å². The summed E-state index contributed by atoms with van der Waals surface area (Å²) in [6, 6.07) is 10.0. The third-order valence-corrected chi connectivity index (χ3v) is 5.78. The molecular formula is C17H19NO3S3. The third-order valence-electron chi connectivity index (χ3n) is 3.25. The summed E-state index contributed by atoms with van der Waals surface area (Å²) in [5.41, 5.74) is 0. The van der Waals surface area contributed by atoms with E-state index < -0.39 is 5.97 Å². The monoisotopic (exact) mass is 381 g/mol. The summed E-state index contributed by atoms with van der Waals surface area (Å²) in [5, 5.41) is 8.71. The number of thiocarbonyl (C=S) groups is 1. The molecule has 1 aliphatic rings. The highest BCUT2D eigenvalue weighted by atomic mass is 32.2. The average molecular weight is 382 g/mol. The Morgan fingerprint density at radius 3 is 2.67 bits per heavy atom. The van der Waals surface area contributed by atoms with Gasteiger partial charge in [0.1, 0.15) is 4.32 Å². The molecule has 1 N–H and O–H groups in total. The molecule has 1 heterocycles. The van der Waals surface area contributed by atoms with Gasteiger partial charge in [0, 0.05) is 22.6 Å². The summed E-state index contributed by atoms with van der Waals surface area (Å²) in [4.78, 5) is 26.4. The third kappa shape index (κ3) is 5.36. The van der Waals surface area contributed by atoms with Crippen molar-refractivity contribution in [3.8, 4) is 0 Å². The molecule has 1 fully saturated rings. The average Bonchev–Trinajstić information content (AvgIpc) is 2.74. The van der Waals surface area contributed by atoms with E-state index in [4.69, 9.17) is 17.3 Å². The molecule has 0 unspecified atom stereocenters. The van der Waals surface area contributed by atoms with Crippen molar-refractivity contribution in [3.05, 3.63) is 41.3 Å². The molecule has 1 amide bonds. The first-order chi connectivity index (χ1) is 11.3. The molecule has 0 radical (unpaired) electrons. The van der Waals surface area contributed by atoms with Gasteiger partial charge >= 0.3 is 5.97 Å². The number of hydrogen-bond acceptors (Lipinski definition) is 5. The largest absolute Gasteiger partial charge is 0.481 e. The van der Waals surface area contributed by atoms with Gasteiger partial charge in [-0.2, -0.15) is 0 Å². The fourth-order valence-corrected chi connectivity index (χ4v) is 4.84. The topological polar surface area (TPSA) is 57.6 Å². The van der Waals surface area contributed by atoms with Crippen LogP contribution in [-0.2, 0) is 9.59 Å². The lowest BCUT2D eigenvalue weighted by Crippen LogP contribution is -2.29. The van der Waals surface area contributed by atoms with Crippen LogP contribution in [0.15, 0.2) is 46.2 Å². The van der Waals surface area contributed by atoms with Gasteiger partial charge in [0.05, 0.1) is 4.91 Å². The van der Waals surface area contributed by atoms with E-state index >= 15 is 0 Å². The van der Waals surface area contributed by atoms with E-state index in [2.05, 4.69) is 13.8 Å². The maximum Gasteiger partial charge on any atom is 0.303 e. The van der Waals surface area contributed by atoms with Gasteiger partial charge < -0.3 is 5.11 Å². The van der Waals surface area contributed by atoms with Crippen molar-refractivity contribution in [1.29, 1.82) is 0 Å². The van der Waals surface area contributed by atoms with Gasteiger partial charge in [-0.15, -0.1) is 11.8 Å². The first-order valence-corrected chi connectivity index (χ1v) is 9.55. The van der Waals surface area contributed by atoms with Gasteiger partial charge in [0.25, 0.3) is 5.91 Å². The standard InChI is InChI=1S/C17H19NO3S3/c1-17(2,24-12-7-4-3-5-8-12)11-13-15(21)18(16(22)23-13)10-6-9-14(19)20/h3-5,7-8,11H,6,9-10H2,1-2H3,(H,19,20)/b13-11-. The second-order valence-electron chi connectivity index (χ2n) is 5.85. The Bertz CT molecular complexity index is 671. The minimum atomic E-state index is -0.864. The van der Waals surface area contributed by atoms with E-state index in [1.165, 1.54) is 16.7 Å². The highest BCUT2D eigenvalue weighted by Gasteiger charge is 2.33. The molecule has 0 spiro atoms. The molecule has 7 heteroatoms. The number of amides is 1. The van der Waals surface area contributed by atoms with Crippen LogP contribution in [0.3, 0.4) is 0 Å². The van der Waals surface area contributed by atoms with Crippen LogP contribution in [0.5, 0.6) is 0 Å². The summed E-state index contributed by atoms with van der Waals surface area (Å²) in [7, 11) is 0. The zero-order chi connectivity index (χ0) is 17.7. The first-order valence-electron chi connectivity index (χ1n) is 7.51. The molecule has 4 nitrogen and oxygen atoms in total. The molecule has 1 aliphatic heterocycles. The molecule has 0 bridgehead atoms. The predicted octanol–water partition coefficient (Wildman–Crippen LogP) is 4.17. The van der Waals surface area contributed by atoms with Crippen molar-refractivity contribution >= 4 is 51.9 Å². The van der Waals surface area contributed by atoms with Gasteiger partial charge in [0.2, 0.25) is 0 Å². The molecule has 0 aromatic heterocycles. The summed E-state index contributed by atoms with van der Waals surface area (Å²) in [5.74, 6) is -0.992. The summed E-state index contributed by atoms with van der Waals surface area (Å²) >= 11 is 8.23. The number of benzene rings is 1. The maximum atomic E-state index is 12.5. The number of aliphatic carboxylic acids is 1. The summed E-state index contributed by atoms with van der Waals surface area (Å²) in [6.07, 6.45) is 2.38. The Morgan fingerprint density at radius 1 is 1.38 bits per heavy atom. The summed E-state index contributed by atoms with van der Waals surface area (Å²) in [6.45, 7) is 4.46. The smallest absolute Gasteiger partial charge is 0.303 e. The van der Waals surface area contributed by atoms with Crippen molar-refractivity contribution in [1.82, 2.24) is 4.90 Å². The van der Waals surface area contributed by atoms with Gasteiger partial charge in [-0.05, 0) is 38.5 Å². The molecule has 128 valence electrons. The van der Waals surface area contributed by atoms with Crippen molar-refractivity contribution in [2.24, 2.45) is 0 Å². The summed E-state index contributed by atoms with van der Waals surface area (Å²) < 4.78 is 0.239. The van der Waals surface area contributed by atoms with Crippen molar-refractivity contribution < 1.29 is 14.7 Å². The molecule has 1 saturated heterocycles. The number of carbonyl (C=O) groups is 2. The van der Waals surface area contributed by atoms with Gasteiger partial charge in [-0.3, -0.25) is 14.5 Å². The Labute approximate surface area is 155 Å². The minimum Gasteiger partial charge on any atom is -0.481 e. The zero-order valence-electron chi connectivity index (χ0n) is 13.5. The van der Waals surface area contributed by atoms with Crippen LogP contribution in [0.25, 0.3) is 0 Å². The fraction of sp³-hybridized carbons (Fsp3) is 0.353. The molecular weight excluding hydrogens is 362 g/mol. The number of nitrogens with zero attached hydrogens (tertiary/aromatic N) is 1. The van der Waals surface area contributed by atoms with E-state index in [1.54, 1.807) is 11.8 Å². The number of rotatable bonds is 7. The quantitative estimate of drug-likeness (QED) is 0.435. The number of carboxylic acid groups (broad SMARTS) is 1. The van der Waals surface area contributed by atoms with Crippen LogP contribution in [0, 0.1) is 0 Å². The molecule has 1 aromatic carbocycles. The molecule has 24 heavy (non-hydrogen) atoms. The highest BCUT2D eigenvalue weighted by molar-refractivity contribution is 8.26. The fourth-order valence-electron chi connectivity index (χ4n) is 2.22. The van der Waals surface area contributed by atoms with Crippen LogP contribution < -0.4 is 0 Å². The van der Waals surface area contributed by atoms with Gasteiger partial charge in [0.15, 0.2) is 0 Å². The molecule has 0 aliphatic carbocycles. The van der Waals surface area contributed by atoms with E-state index in [1.807, 2.05) is 36.4 Å². The van der Waals surface area contributed by atoms with E-state index in [-0.39, 0.29) is 17.1 Å². The van der Waals surface area contributed by atoms with Gasteiger partial charge in [-0.25, -0.2) is 0 Å². The second-order valence-corrected chi connectivity index (χ2v) is 9.25. The lowest BCUT2D eigenvalue weighted by Gasteiger charge is -2.20. The van der Waals surface area contributed by atoms with E-state index in [9.17, 15) is 9.59 Å². The van der Waals surface area contributed by atoms with E-state index in [0.717, 1.165) is 4.90 Å². The van der Waals surface area contributed by atoms with Crippen LogP contribution >= 0.6 is 35.7 Å². The Hall–Kier alpha value is -1.31. The lowest BCUT2D eigenvalue weighted by atomic mass is 10.2. The Kier molecular flexibility index (Phi) is 6.48. The molecule has 0 saturated carbocycles. The molecule has 0 atom stereocenters. The molecule has 1 aromatic rings. The number of hydrogen-bond donors (Lipinski definition) is 1. The van der Waals surface area contributed by atoms with Crippen molar-refractivity contribution in [2.75, 3.05) is 6.54 Å². The number of carbonyl (C=O) groups excluding carboxylic acids is 1. The van der Waals surface area contributed by atoms with Gasteiger partial charge in [-0.1, -0.05) is 42.2 Å². The first kappa shape index (κ1) is 19.0. The number of carboxylic acids is 1. The van der Waals surface area contributed by atoms with Crippen LogP contribution in [0.1, 0.15) is 26.7 Å². The van der Waals surface area contributed by atoms with E-state index in [0.29, 0.717) is 22.2 Å². The SMILES string of the molecule is CC(C)(/C=C1\SC(=S)N(CCCC(=O)O)C1=O)Sc1ccccc1. The van der Waals surface area contributed by atoms with Crippen molar-refractivity contribution in [3.63, 3.8) is 0 Å². The maximum absolute atomic E-state index is 12.5. The highest BCUT2D eigenvalue weighted by Crippen LogP contribution is 2.39. The lowest BCUT2D eigenvalue weighted by molar-refractivity contribution is -0.137. The molecule has 2 rings (SSSR count). The predicted molar refractivity (Wildman–Crippen MR) is 103 cm³/mol. The second kappa shape index (κ2) is 8.18. The Morgan fingerprint density at radius 2 is 2.04 bits per heavy atom. The van der Waals surface area contributed by atoms with Crippen LogP contribution in [0.2, 0.25) is 0 Å². The van der Waals surface area contributed by atoms with Crippen LogP contribution in [-0.4, -0.2) is 37.5 Å². The minimum absolute atomic E-state index is 0.0332. The Balaban J connectivity index is 2.05. The number of thioether (sulfide) groups is 2. The normalized spacial score (nSPS) is 16.9. The van der Waals surface area contributed by atoms with Crippen molar-refractivity contribution in [2.45, 2.75) is 36.3 Å². The zero-order valence-corrected chi connectivity index (χ0v) is 16.0.